The SMILES string of the molecule is Oc1cc(-c2ccc(F)cc2)cc2cccnc12. The van der Waals surface area contributed by atoms with Crippen LogP contribution in [0.3, 0.4) is 0 Å². The minimum Gasteiger partial charge on any atom is -0.506 e. The molecule has 0 aliphatic heterocycles. The summed E-state index contributed by atoms with van der Waals surface area (Å²) in [4.78, 5) is 4.12. The fourth-order valence-electron chi connectivity index (χ4n) is 1.98. The largest absolute Gasteiger partial charge is 0.506 e. The topological polar surface area (TPSA) is 33.1 Å². The molecule has 0 saturated heterocycles. The summed E-state index contributed by atoms with van der Waals surface area (Å²) < 4.78 is 12.9. The van der Waals surface area contributed by atoms with Gasteiger partial charge in [0.2, 0.25) is 0 Å². The van der Waals surface area contributed by atoms with Crippen LogP contribution in [0, 0.1) is 5.82 Å². The van der Waals surface area contributed by atoms with Crippen molar-refractivity contribution in [3.8, 4) is 16.9 Å². The molecule has 1 N–H and O–H groups in total. The Morgan fingerprint density at radius 3 is 2.50 bits per heavy atom. The summed E-state index contributed by atoms with van der Waals surface area (Å²) in [5, 5.41) is 10.8. The van der Waals surface area contributed by atoms with Gasteiger partial charge in [-0.25, -0.2) is 4.39 Å². The number of rotatable bonds is 1. The Labute approximate surface area is 103 Å². The highest BCUT2D eigenvalue weighted by atomic mass is 19.1. The molecule has 0 atom stereocenters. The predicted octanol–water partition coefficient (Wildman–Crippen LogP) is 3.75. The smallest absolute Gasteiger partial charge is 0.142 e. The molecule has 0 fully saturated rings. The molecule has 3 rings (SSSR count). The second-order valence-corrected chi connectivity index (χ2v) is 4.08. The average molecular weight is 239 g/mol. The molecule has 3 heteroatoms. The first-order chi connectivity index (χ1) is 8.74. The zero-order valence-electron chi connectivity index (χ0n) is 9.47. The van der Waals surface area contributed by atoms with Gasteiger partial charge in [0.1, 0.15) is 17.1 Å². The number of phenolic OH excluding ortho intramolecular Hbond substituents is 1. The van der Waals surface area contributed by atoms with Crippen LogP contribution in [-0.4, -0.2) is 10.1 Å². The highest BCUT2D eigenvalue weighted by Gasteiger charge is 2.05. The molecular weight excluding hydrogens is 229 g/mol. The second kappa shape index (κ2) is 4.11. The van der Waals surface area contributed by atoms with E-state index in [0.717, 1.165) is 16.5 Å². The third kappa shape index (κ3) is 1.80. The van der Waals surface area contributed by atoms with Crippen molar-refractivity contribution in [2.24, 2.45) is 0 Å². The number of phenols is 1. The van der Waals surface area contributed by atoms with Crippen molar-refractivity contribution in [3.05, 3.63) is 60.5 Å². The van der Waals surface area contributed by atoms with Crippen LogP contribution < -0.4 is 0 Å². The third-order valence-corrected chi connectivity index (χ3v) is 2.86. The van der Waals surface area contributed by atoms with E-state index in [9.17, 15) is 9.50 Å². The summed E-state index contributed by atoms with van der Waals surface area (Å²) >= 11 is 0. The molecule has 1 heterocycles. The lowest BCUT2D eigenvalue weighted by Crippen LogP contribution is -1.83. The van der Waals surface area contributed by atoms with E-state index in [1.165, 1.54) is 12.1 Å². The van der Waals surface area contributed by atoms with Crippen LogP contribution in [0.25, 0.3) is 22.0 Å². The van der Waals surface area contributed by atoms with Crippen molar-refractivity contribution in [3.63, 3.8) is 0 Å². The predicted molar refractivity (Wildman–Crippen MR) is 68.8 cm³/mol. The van der Waals surface area contributed by atoms with Crippen molar-refractivity contribution in [2.75, 3.05) is 0 Å². The maximum absolute atomic E-state index is 12.9. The number of benzene rings is 2. The van der Waals surface area contributed by atoms with E-state index in [0.29, 0.717) is 5.52 Å². The van der Waals surface area contributed by atoms with Crippen LogP contribution in [0.5, 0.6) is 5.75 Å². The Kier molecular flexibility index (Phi) is 2.45. The van der Waals surface area contributed by atoms with Crippen molar-refractivity contribution < 1.29 is 9.50 Å². The minimum atomic E-state index is -0.273. The quantitative estimate of drug-likeness (QED) is 0.701. The maximum atomic E-state index is 12.9. The van der Waals surface area contributed by atoms with Crippen molar-refractivity contribution in [1.82, 2.24) is 4.98 Å². The first kappa shape index (κ1) is 10.7. The zero-order chi connectivity index (χ0) is 12.5. The lowest BCUT2D eigenvalue weighted by Gasteiger charge is -2.05. The second-order valence-electron chi connectivity index (χ2n) is 4.08. The third-order valence-electron chi connectivity index (χ3n) is 2.86. The van der Waals surface area contributed by atoms with E-state index in [-0.39, 0.29) is 11.6 Å². The van der Waals surface area contributed by atoms with E-state index in [1.807, 2.05) is 18.2 Å². The van der Waals surface area contributed by atoms with Crippen LogP contribution in [0.2, 0.25) is 0 Å². The van der Waals surface area contributed by atoms with Gasteiger partial charge in [0, 0.05) is 11.6 Å². The number of pyridine rings is 1. The molecule has 0 aliphatic rings. The molecule has 18 heavy (non-hydrogen) atoms. The number of hydrogen-bond acceptors (Lipinski definition) is 2. The molecule has 2 nitrogen and oxygen atoms in total. The molecule has 0 radical (unpaired) electrons. The highest BCUT2D eigenvalue weighted by Crippen LogP contribution is 2.30. The number of hydrogen-bond donors (Lipinski definition) is 1. The Bertz CT molecular complexity index is 707. The Balaban J connectivity index is 2.21. The summed E-state index contributed by atoms with van der Waals surface area (Å²) in [6.07, 6.45) is 1.64. The van der Waals surface area contributed by atoms with Crippen LogP contribution in [0.4, 0.5) is 4.39 Å². The lowest BCUT2D eigenvalue weighted by atomic mass is 10.0. The normalized spacial score (nSPS) is 10.7. The lowest BCUT2D eigenvalue weighted by molar-refractivity contribution is 0.480. The summed E-state index contributed by atoms with van der Waals surface area (Å²) in [6.45, 7) is 0. The van der Waals surface area contributed by atoms with Crippen molar-refractivity contribution >= 4 is 10.9 Å². The molecule has 0 amide bonds. The maximum Gasteiger partial charge on any atom is 0.142 e. The van der Waals surface area contributed by atoms with Crippen LogP contribution in [-0.2, 0) is 0 Å². The van der Waals surface area contributed by atoms with Crippen LogP contribution in [0.15, 0.2) is 54.7 Å². The van der Waals surface area contributed by atoms with E-state index < -0.39 is 0 Å². The van der Waals surface area contributed by atoms with Gasteiger partial charge in [0.25, 0.3) is 0 Å². The summed E-state index contributed by atoms with van der Waals surface area (Å²) in [5.41, 5.74) is 2.27. The van der Waals surface area contributed by atoms with E-state index in [4.69, 9.17) is 0 Å². The number of fused-ring (bicyclic) bond motifs is 1. The molecule has 88 valence electrons. The van der Waals surface area contributed by atoms with Crippen molar-refractivity contribution in [2.45, 2.75) is 0 Å². The Hall–Kier alpha value is -2.42. The molecule has 3 aromatic rings. The van der Waals surface area contributed by atoms with Crippen LogP contribution >= 0.6 is 0 Å². The first-order valence-corrected chi connectivity index (χ1v) is 5.58. The molecule has 1 aromatic heterocycles. The fraction of sp³-hybridized carbons (Fsp3) is 0. The van der Waals surface area contributed by atoms with Crippen LogP contribution in [0.1, 0.15) is 0 Å². The average Bonchev–Trinajstić information content (AvgIpc) is 2.39. The van der Waals surface area contributed by atoms with Gasteiger partial charge >= 0.3 is 0 Å². The van der Waals surface area contributed by atoms with Gasteiger partial charge in [-0.3, -0.25) is 4.98 Å². The molecule has 0 unspecified atom stereocenters. The number of halogens is 1. The fourth-order valence-corrected chi connectivity index (χ4v) is 1.98. The molecule has 0 saturated carbocycles. The van der Waals surface area contributed by atoms with E-state index in [1.54, 1.807) is 24.4 Å². The number of aromatic nitrogens is 1. The molecule has 0 spiro atoms. The standard InChI is InChI=1S/C15H10FNO/c16-13-5-3-10(4-6-13)12-8-11-2-1-7-17-15(11)14(18)9-12/h1-9,18H. The van der Waals surface area contributed by atoms with Gasteiger partial charge in [-0.15, -0.1) is 0 Å². The molecular formula is C15H10FNO. The van der Waals surface area contributed by atoms with Gasteiger partial charge in [-0.05, 0) is 41.5 Å². The first-order valence-electron chi connectivity index (χ1n) is 5.58. The summed E-state index contributed by atoms with van der Waals surface area (Å²) in [5.74, 6) is -0.141. The van der Waals surface area contributed by atoms with Crippen molar-refractivity contribution in [1.29, 1.82) is 0 Å². The molecule has 2 aromatic carbocycles. The van der Waals surface area contributed by atoms with Gasteiger partial charge in [-0.1, -0.05) is 18.2 Å². The van der Waals surface area contributed by atoms with Gasteiger partial charge in [0.05, 0.1) is 0 Å². The van der Waals surface area contributed by atoms with Gasteiger partial charge < -0.3 is 5.11 Å². The zero-order valence-corrected chi connectivity index (χ0v) is 9.47. The minimum absolute atomic E-state index is 0.132. The Morgan fingerprint density at radius 1 is 0.944 bits per heavy atom. The van der Waals surface area contributed by atoms with Gasteiger partial charge in [-0.2, -0.15) is 0 Å². The summed E-state index contributed by atoms with van der Waals surface area (Å²) in [7, 11) is 0. The van der Waals surface area contributed by atoms with E-state index in [2.05, 4.69) is 4.98 Å². The van der Waals surface area contributed by atoms with E-state index >= 15 is 0 Å². The number of nitrogens with zero attached hydrogens (tertiary/aromatic N) is 1. The Morgan fingerprint density at radius 2 is 1.72 bits per heavy atom. The highest BCUT2D eigenvalue weighted by molar-refractivity contribution is 5.89. The summed E-state index contributed by atoms with van der Waals surface area (Å²) in [6, 6.07) is 13.4. The molecule has 0 aliphatic carbocycles. The molecule has 0 bridgehead atoms. The monoisotopic (exact) mass is 239 g/mol. The number of aromatic hydroxyl groups is 1. The van der Waals surface area contributed by atoms with Gasteiger partial charge in [0.15, 0.2) is 0 Å².